The highest BCUT2D eigenvalue weighted by molar-refractivity contribution is 6.01. The van der Waals surface area contributed by atoms with Crippen molar-refractivity contribution in [2.45, 2.75) is 20.3 Å². The van der Waals surface area contributed by atoms with Crippen molar-refractivity contribution >= 4 is 11.9 Å². The number of nitrogens with zero attached hydrogens (tertiary/aromatic N) is 1. The molecular formula is C13H18N2O4. The van der Waals surface area contributed by atoms with E-state index in [1.165, 1.54) is 24.5 Å². The maximum atomic E-state index is 12.2. The SMILES string of the molecule is CCOC(=O)C(CC)(CN)C(=O)Oc1ccncc1. The Kier molecular flexibility index (Phi) is 5.44. The summed E-state index contributed by atoms with van der Waals surface area (Å²) in [4.78, 5) is 27.9. The van der Waals surface area contributed by atoms with E-state index in [9.17, 15) is 9.59 Å². The molecule has 104 valence electrons. The van der Waals surface area contributed by atoms with Gasteiger partial charge in [-0.15, -0.1) is 0 Å². The van der Waals surface area contributed by atoms with Crippen molar-refractivity contribution in [3.63, 3.8) is 0 Å². The Balaban J connectivity index is 2.92. The Bertz CT molecular complexity index is 430. The highest BCUT2D eigenvalue weighted by Gasteiger charge is 2.46. The molecule has 1 aromatic rings. The molecular weight excluding hydrogens is 248 g/mol. The van der Waals surface area contributed by atoms with E-state index in [0.29, 0.717) is 5.75 Å². The lowest BCUT2D eigenvalue weighted by Gasteiger charge is -2.26. The van der Waals surface area contributed by atoms with Gasteiger partial charge in [0.2, 0.25) is 0 Å². The normalized spacial score (nSPS) is 13.4. The van der Waals surface area contributed by atoms with Crippen LogP contribution in [0.3, 0.4) is 0 Å². The number of ether oxygens (including phenoxy) is 2. The first-order valence-electron chi connectivity index (χ1n) is 6.10. The van der Waals surface area contributed by atoms with E-state index >= 15 is 0 Å². The van der Waals surface area contributed by atoms with Gasteiger partial charge in [-0.25, -0.2) is 0 Å². The Morgan fingerprint density at radius 2 is 1.89 bits per heavy atom. The third-order valence-electron chi connectivity index (χ3n) is 2.87. The van der Waals surface area contributed by atoms with Gasteiger partial charge in [0.05, 0.1) is 6.61 Å². The van der Waals surface area contributed by atoms with Gasteiger partial charge >= 0.3 is 11.9 Å². The second-order valence-corrected chi connectivity index (χ2v) is 3.93. The Morgan fingerprint density at radius 1 is 1.26 bits per heavy atom. The van der Waals surface area contributed by atoms with Crippen LogP contribution in [0.2, 0.25) is 0 Å². The Hall–Kier alpha value is -1.95. The lowest BCUT2D eigenvalue weighted by Crippen LogP contribution is -2.48. The van der Waals surface area contributed by atoms with E-state index in [1.807, 2.05) is 0 Å². The zero-order valence-corrected chi connectivity index (χ0v) is 11.1. The number of aromatic nitrogens is 1. The van der Waals surface area contributed by atoms with Crippen LogP contribution in [0.4, 0.5) is 0 Å². The molecule has 0 bridgehead atoms. The van der Waals surface area contributed by atoms with Gasteiger partial charge in [0.1, 0.15) is 5.75 Å². The molecule has 1 aromatic heterocycles. The highest BCUT2D eigenvalue weighted by Crippen LogP contribution is 2.26. The molecule has 6 nitrogen and oxygen atoms in total. The standard InChI is InChI=1S/C13H18N2O4/c1-3-13(9-14,11(16)18-4-2)12(17)19-10-5-7-15-8-6-10/h5-8H,3-4,9,14H2,1-2H3. The first-order valence-corrected chi connectivity index (χ1v) is 6.10. The maximum absolute atomic E-state index is 12.2. The topological polar surface area (TPSA) is 91.5 Å². The Morgan fingerprint density at radius 3 is 2.37 bits per heavy atom. The molecule has 1 unspecified atom stereocenters. The van der Waals surface area contributed by atoms with Crippen LogP contribution in [-0.4, -0.2) is 30.1 Å². The number of pyridine rings is 1. The fraction of sp³-hybridized carbons (Fsp3) is 0.462. The van der Waals surface area contributed by atoms with Gasteiger partial charge < -0.3 is 15.2 Å². The fourth-order valence-corrected chi connectivity index (χ4v) is 1.56. The molecule has 0 aliphatic carbocycles. The van der Waals surface area contributed by atoms with Crippen LogP contribution in [0.5, 0.6) is 5.75 Å². The third kappa shape index (κ3) is 3.29. The van der Waals surface area contributed by atoms with Gasteiger partial charge in [-0.2, -0.15) is 0 Å². The molecule has 0 fully saturated rings. The van der Waals surface area contributed by atoms with Gasteiger partial charge in [-0.05, 0) is 25.5 Å². The van der Waals surface area contributed by atoms with Crippen molar-refractivity contribution in [3.8, 4) is 5.75 Å². The number of hydrogen-bond donors (Lipinski definition) is 1. The molecule has 1 atom stereocenters. The molecule has 19 heavy (non-hydrogen) atoms. The molecule has 0 saturated carbocycles. The molecule has 0 aliphatic rings. The number of carbonyl (C=O) groups is 2. The summed E-state index contributed by atoms with van der Waals surface area (Å²) in [5.41, 5.74) is 4.13. The van der Waals surface area contributed by atoms with Crippen molar-refractivity contribution in [1.82, 2.24) is 4.98 Å². The lowest BCUT2D eigenvalue weighted by molar-refractivity contribution is -0.166. The van der Waals surface area contributed by atoms with Crippen LogP contribution in [-0.2, 0) is 14.3 Å². The molecule has 2 N–H and O–H groups in total. The zero-order chi connectivity index (χ0) is 14.3. The van der Waals surface area contributed by atoms with Crippen molar-refractivity contribution in [2.24, 2.45) is 11.1 Å². The molecule has 0 radical (unpaired) electrons. The number of nitrogens with two attached hydrogens (primary N) is 1. The molecule has 6 heteroatoms. The van der Waals surface area contributed by atoms with Crippen molar-refractivity contribution in [3.05, 3.63) is 24.5 Å². The summed E-state index contributed by atoms with van der Waals surface area (Å²) in [5.74, 6) is -1.04. The summed E-state index contributed by atoms with van der Waals surface area (Å²) in [6.07, 6.45) is 3.19. The number of esters is 2. The molecule has 0 aromatic carbocycles. The summed E-state index contributed by atoms with van der Waals surface area (Å²) in [6.45, 7) is 3.38. The number of carbonyl (C=O) groups excluding carboxylic acids is 2. The molecule has 0 saturated heterocycles. The predicted molar refractivity (Wildman–Crippen MR) is 68.3 cm³/mol. The second kappa shape index (κ2) is 6.84. The number of hydrogen-bond acceptors (Lipinski definition) is 6. The second-order valence-electron chi connectivity index (χ2n) is 3.93. The van der Waals surface area contributed by atoms with E-state index in [4.69, 9.17) is 15.2 Å². The number of rotatable bonds is 6. The van der Waals surface area contributed by atoms with Gasteiger partial charge in [-0.3, -0.25) is 14.6 Å². The summed E-state index contributed by atoms with van der Waals surface area (Å²) < 4.78 is 10.1. The summed E-state index contributed by atoms with van der Waals surface area (Å²) in [5, 5.41) is 0. The molecule has 0 amide bonds. The minimum Gasteiger partial charge on any atom is -0.465 e. The predicted octanol–water partition coefficient (Wildman–Crippen LogP) is 0.905. The van der Waals surface area contributed by atoms with E-state index in [2.05, 4.69) is 4.98 Å². The Labute approximate surface area is 111 Å². The molecule has 1 rings (SSSR count). The van der Waals surface area contributed by atoms with Crippen LogP contribution < -0.4 is 10.5 Å². The molecule has 0 aliphatic heterocycles. The fourth-order valence-electron chi connectivity index (χ4n) is 1.56. The van der Waals surface area contributed by atoms with Gasteiger partial charge in [0.25, 0.3) is 0 Å². The first-order chi connectivity index (χ1) is 9.10. The average Bonchev–Trinajstić information content (AvgIpc) is 2.42. The van der Waals surface area contributed by atoms with Crippen molar-refractivity contribution in [1.29, 1.82) is 0 Å². The quantitative estimate of drug-likeness (QED) is 0.607. The third-order valence-corrected chi connectivity index (χ3v) is 2.87. The van der Waals surface area contributed by atoms with Crippen LogP contribution in [0, 0.1) is 5.41 Å². The maximum Gasteiger partial charge on any atom is 0.330 e. The smallest absolute Gasteiger partial charge is 0.330 e. The van der Waals surface area contributed by atoms with E-state index < -0.39 is 17.4 Å². The molecule has 1 heterocycles. The van der Waals surface area contributed by atoms with E-state index in [-0.39, 0.29) is 19.6 Å². The van der Waals surface area contributed by atoms with Gasteiger partial charge in [0.15, 0.2) is 5.41 Å². The van der Waals surface area contributed by atoms with E-state index in [0.717, 1.165) is 0 Å². The summed E-state index contributed by atoms with van der Waals surface area (Å²) >= 11 is 0. The van der Waals surface area contributed by atoms with Crippen LogP contribution in [0.25, 0.3) is 0 Å². The van der Waals surface area contributed by atoms with Gasteiger partial charge in [0, 0.05) is 18.9 Å². The monoisotopic (exact) mass is 266 g/mol. The summed E-state index contributed by atoms with van der Waals surface area (Å²) in [6, 6.07) is 3.06. The average molecular weight is 266 g/mol. The minimum absolute atomic E-state index is 0.160. The zero-order valence-electron chi connectivity index (χ0n) is 11.1. The van der Waals surface area contributed by atoms with Crippen LogP contribution in [0.15, 0.2) is 24.5 Å². The van der Waals surface area contributed by atoms with Crippen molar-refractivity contribution < 1.29 is 19.1 Å². The minimum atomic E-state index is -1.46. The van der Waals surface area contributed by atoms with Crippen molar-refractivity contribution in [2.75, 3.05) is 13.2 Å². The summed E-state index contributed by atoms with van der Waals surface area (Å²) in [7, 11) is 0. The molecule has 0 spiro atoms. The largest absolute Gasteiger partial charge is 0.465 e. The van der Waals surface area contributed by atoms with E-state index in [1.54, 1.807) is 13.8 Å². The lowest BCUT2D eigenvalue weighted by atomic mass is 9.85. The van der Waals surface area contributed by atoms with Gasteiger partial charge in [-0.1, -0.05) is 6.92 Å². The first kappa shape index (κ1) is 15.1. The van der Waals surface area contributed by atoms with Crippen LogP contribution in [0.1, 0.15) is 20.3 Å². The van der Waals surface area contributed by atoms with Crippen LogP contribution >= 0.6 is 0 Å². The highest BCUT2D eigenvalue weighted by atomic mass is 16.6.